The number of fused-ring (bicyclic) bond motifs is 3. The molecule has 1 atom stereocenters. The molecule has 3 aromatic heterocycles. The van der Waals surface area contributed by atoms with Crippen LogP contribution in [0.5, 0.6) is 0 Å². The lowest BCUT2D eigenvalue weighted by Crippen LogP contribution is -2.48. The Balaban J connectivity index is 1.49. The number of pyridine rings is 1. The average molecular weight is 400 g/mol. The Kier molecular flexibility index (Phi) is 3.91. The summed E-state index contributed by atoms with van der Waals surface area (Å²) in [5.74, 6) is -0.311. The van der Waals surface area contributed by atoms with Gasteiger partial charge in [-0.25, -0.2) is 15.0 Å². The third-order valence-corrected chi connectivity index (χ3v) is 6.17. The Hall–Kier alpha value is -2.54. The maximum Gasteiger partial charge on any atom is 0.277 e. The highest BCUT2D eigenvalue weighted by Crippen LogP contribution is 2.44. The third-order valence-electron chi connectivity index (χ3n) is 5.95. The number of carbonyl (C=O) groups excluding carboxylic acids is 1. The molecule has 6 nitrogen and oxygen atoms in total. The van der Waals surface area contributed by atoms with E-state index in [1.54, 1.807) is 17.0 Å². The topological polar surface area (TPSA) is 63.4 Å². The van der Waals surface area contributed by atoms with Gasteiger partial charge in [0.15, 0.2) is 5.69 Å². The van der Waals surface area contributed by atoms with Crippen LogP contribution in [0.4, 0.5) is 4.39 Å². The first-order valence-electron chi connectivity index (χ1n) is 9.42. The summed E-state index contributed by atoms with van der Waals surface area (Å²) in [5, 5.41) is 0.386. The molecule has 28 heavy (non-hydrogen) atoms. The average Bonchev–Trinajstić information content (AvgIpc) is 3.20. The van der Waals surface area contributed by atoms with Crippen molar-refractivity contribution >= 4 is 23.2 Å². The smallest absolute Gasteiger partial charge is 0.277 e. The van der Waals surface area contributed by atoms with Crippen LogP contribution in [0.1, 0.15) is 46.8 Å². The number of hydrogen-bond acceptors (Lipinski definition) is 4. The molecule has 0 aromatic carbocycles. The van der Waals surface area contributed by atoms with E-state index in [1.807, 2.05) is 13.1 Å². The van der Waals surface area contributed by atoms with E-state index in [-0.39, 0.29) is 17.0 Å². The molecule has 0 saturated carbocycles. The minimum absolute atomic E-state index is 0.156. The first kappa shape index (κ1) is 17.6. The molecule has 2 aliphatic rings. The second-order valence-electron chi connectivity index (χ2n) is 7.73. The van der Waals surface area contributed by atoms with Crippen LogP contribution in [0.15, 0.2) is 24.5 Å². The second kappa shape index (κ2) is 6.24. The fraction of sp³-hybridized carbons (Fsp3) is 0.400. The van der Waals surface area contributed by atoms with Gasteiger partial charge >= 0.3 is 0 Å². The molecule has 3 aromatic rings. The minimum Gasteiger partial charge on any atom is -0.336 e. The van der Waals surface area contributed by atoms with Gasteiger partial charge in [-0.15, -0.1) is 0 Å². The van der Waals surface area contributed by atoms with E-state index in [0.29, 0.717) is 23.8 Å². The largest absolute Gasteiger partial charge is 0.336 e. The normalized spacial score (nSPS) is 21.5. The third kappa shape index (κ3) is 2.60. The van der Waals surface area contributed by atoms with E-state index >= 15 is 0 Å². The van der Waals surface area contributed by atoms with Gasteiger partial charge in [-0.2, -0.15) is 4.39 Å². The van der Waals surface area contributed by atoms with Crippen molar-refractivity contribution in [3.05, 3.63) is 58.3 Å². The molecule has 0 radical (unpaired) electrons. The van der Waals surface area contributed by atoms with Crippen molar-refractivity contribution in [1.29, 1.82) is 0 Å². The first-order chi connectivity index (χ1) is 13.5. The maximum absolute atomic E-state index is 14.8. The summed E-state index contributed by atoms with van der Waals surface area (Å²) >= 11 is 5.95. The second-order valence-corrected chi connectivity index (χ2v) is 8.16. The summed E-state index contributed by atoms with van der Waals surface area (Å²) in [4.78, 5) is 28.1. The Morgan fingerprint density at radius 1 is 1.29 bits per heavy atom. The molecule has 1 spiro atoms. The number of amides is 1. The molecule has 1 aliphatic heterocycles. The Bertz CT molecular complexity index is 1110. The molecular weight excluding hydrogens is 381 g/mol. The lowest BCUT2D eigenvalue weighted by atomic mass is 9.77. The number of hydrogen-bond donors (Lipinski definition) is 0. The van der Waals surface area contributed by atoms with Gasteiger partial charge in [0.25, 0.3) is 5.91 Å². The van der Waals surface area contributed by atoms with E-state index < -0.39 is 5.95 Å². The van der Waals surface area contributed by atoms with E-state index in [2.05, 4.69) is 9.97 Å². The summed E-state index contributed by atoms with van der Waals surface area (Å²) in [6.45, 7) is 3.01. The fourth-order valence-electron chi connectivity index (χ4n) is 4.61. The lowest BCUT2D eigenvalue weighted by molar-refractivity contribution is 0.0622. The number of aromatic nitrogens is 4. The van der Waals surface area contributed by atoms with Crippen molar-refractivity contribution in [2.24, 2.45) is 0 Å². The van der Waals surface area contributed by atoms with Gasteiger partial charge < -0.3 is 4.90 Å². The molecule has 144 valence electrons. The van der Waals surface area contributed by atoms with Crippen molar-refractivity contribution in [3.63, 3.8) is 0 Å². The Labute approximate surface area is 166 Å². The summed E-state index contributed by atoms with van der Waals surface area (Å²) in [6, 6.07) is 3.23. The predicted molar refractivity (Wildman–Crippen MR) is 102 cm³/mol. The number of likely N-dealkylation sites (tertiary alicyclic amines) is 1. The number of aryl methyl sites for hydroxylation is 2. The van der Waals surface area contributed by atoms with Crippen LogP contribution in [-0.2, 0) is 11.8 Å². The van der Waals surface area contributed by atoms with Gasteiger partial charge in [0.1, 0.15) is 11.5 Å². The fourth-order valence-corrected chi connectivity index (χ4v) is 4.77. The molecule has 1 saturated heterocycles. The highest BCUT2D eigenvalue weighted by Gasteiger charge is 2.45. The number of rotatable bonds is 1. The summed E-state index contributed by atoms with van der Waals surface area (Å²) in [7, 11) is 0. The van der Waals surface area contributed by atoms with Crippen molar-refractivity contribution in [2.45, 2.75) is 38.0 Å². The van der Waals surface area contributed by atoms with Crippen LogP contribution >= 0.6 is 11.6 Å². The summed E-state index contributed by atoms with van der Waals surface area (Å²) in [6.07, 6.45) is 7.02. The van der Waals surface area contributed by atoms with Crippen LogP contribution in [0.25, 0.3) is 5.65 Å². The highest BCUT2D eigenvalue weighted by atomic mass is 35.5. The Morgan fingerprint density at radius 3 is 3.00 bits per heavy atom. The SMILES string of the molecule is Cc1ncc2c(n1)C1(CCCN(C(=O)c3nc4ccc(Cl)cn4c3F)C1)CC2. The quantitative estimate of drug-likeness (QED) is 0.629. The van der Waals surface area contributed by atoms with Gasteiger partial charge in [0.2, 0.25) is 5.95 Å². The zero-order valence-electron chi connectivity index (χ0n) is 15.5. The van der Waals surface area contributed by atoms with E-state index in [1.165, 1.54) is 10.6 Å². The van der Waals surface area contributed by atoms with Gasteiger partial charge in [-0.05, 0) is 50.3 Å². The molecule has 1 fully saturated rings. The maximum atomic E-state index is 14.8. The molecule has 1 unspecified atom stereocenters. The standard InChI is InChI=1S/C20H19ClFN5O/c1-12-23-9-13-5-7-20(17(13)24-12)6-2-8-26(11-20)19(28)16-18(22)27-10-14(21)3-4-15(27)25-16/h3-4,9-10H,2,5-8,11H2,1H3. The zero-order chi connectivity index (χ0) is 19.5. The van der Waals surface area contributed by atoms with E-state index in [0.717, 1.165) is 42.8 Å². The summed E-state index contributed by atoms with van der Waals surface area (Å²) in [5.41, 5.74) is 2.26. The van der Waals surface area contributed by atoms with Crippen LogP contribution in [0.2, 0.25) is 5.02 Å². The predicted octanol–water partition coefficient (Wildman–Crippen LogP) is 3.35. The van der Waals surface area contributed by atoms with Crippen molar-refractivity contribution in [1.82, 2.24) is 24.3 Å². The molecule has 8 heteroatoms. The molecule has 0 N–H and O–H groups in total. The van der Waals surface area contributed by atoms with Gasteiger partial charge in [-0.1, -0.05) is 11.6 Å². The number of piperidine rings is 1. The lowest BCUT2D eigenvalue weighted by Gasteiger charge is -2.40. The van der Waals surface area contributed by atoms with Crippen molar-refractivity contribution < 1.29 is 9.18 Å². The van der Waals surface area contributed by atoms with E-state index in [9.17, 15) is 9.18 Å². The Morgan fingerprint density at radius 2 is 2.14 bits per heavy atom. The van der Waals surface area contributed by atoms with Crippen LogP contribution in [0, 0.1) is 12.9 Å². The summed E-state index contributed by atoms with van der Waals surface area (Å²) < 4.78 is 16.1. The van der Waals surface area contributed by atoms with E-state index in [4.69, 9.17) is 16.6 Å². The number of carbonyl (C=O) groups is 1. The molecule has 5 rings (SSSR count). The van der Waals surface area contributed by atoms with Crippen molar-refractivity contribution in [2.75, 3.05) is 13.1 Å². The van der Waals surface area contributed by atoms with Gasteiger partial charge in [0.05, 0.1) is 10.7 Å². The number of halogens is 2. The number of nitrogens with zero attached hydrogens (tertiary/aromatic N) is 5. The number of imidazole rings is 1. The molecule has 1 amide bonds. The minimum atomic E-state index is -0.674. The monoisotopic (exact) mass is 399 g/mol. The molecule has 4 heterocycles. The zero-order valence-corrected chi connectivity index (χ0v) is 16.2. The molecular formula is C20H19ClFN5O. The van der Waals surface area contributed by atoms with Crippen LogP contribution in [0.3, 0.4) is 0 Å². The first-order valence-corrected chi connectivity index (χ1v) is 9.80. The van der Waals surface area contributed by atoms with Gasteiger partial charge in [0, 0.05) is 30.9 Å². The molecule has 0 bridgehead atoms. The highest BCUT2D eigenvalue weighted by molar-refractivity contribution is 6.30. The van der Waals surface area contributed by atoms with Crippen LogP contribution < -0.4 is 0 Å². The van der Waals surface area contributed by atoms with Crippen molar-refractivity contribution in [3.8, 4) is 0 Å². The molecule has 1 aliphatic carbocycles. The van der Waals surface area contributed by atoms with Crippen LogP contribution in [-0.4, -0.2) is 43.2 Å². The van der Waals surface area contributed by atoms with Gasteiger partial charge in [-0.3, -0.25) is 9.20 Å².